The number of methoxy groups -OCH3 is 2. The van der Waals surface area contributed by atoms with Crippen LogP contribution in [0, 0.1) is 0 Å². The molecule has 2 aromatic heterocycles. The molecule has 0 amide bonds. The van der Waals surface area contributed by atoms with Crippen LogP contribution in [0.5, 0.6) is 11.5 Å². The molecule has 0 aliphatic rings. The Morgan fingerprint density at radius 3 is 1.32 bits per heavy atom. The third kappa shape index (κ3) is 11.1. The summed E-state index contributed by atoms with van der Waals surface area (Å²) in [6.07, 6.45) is 0. The minimum atomic E-state index is -3.88. The predicted octanol–water partition coefficient (Wildman–Crippen LogP) is 4.11. The second kappa shape index (κ2) is 17.4. The average molecular weight is 733 g/mol. The average Bonchev–Trinajstić information content (AvgIpc) is 3.67. The van der Waals surface area contributed by atoms with E-state index in [9.17, 15) is 16.8 Å². The van der Waals surface area contributed by atoms with E-state index >= 15 is 0 Å². The zero-order chi connectivity index (χ0) is 37.4. The number of ether oxygens (including phenoxy) is 2. The SMILES string of the molecule is CC(C)n1nc(S(N)(=O)=O)cc1CN(C)C.COc1ccc(CN(Cc2ccc(OC)cc2)S(=O)(=O)c2cc(CN(C)C)n(C(C)C)n2)cc1. The molecule has 0 bridgehead atoms. The maximum Gasteiger partial charge on any atom is 0.263 e. The first kappa shape index (κ1) is 40.6. The summed E-state index contributed by atoms with van der Waals surface area (Å²) in [6.45, 7) is 9.51. The van der Waals surface area contributed by atoms with E-state index in [0.29, 0.717) is 13.1 Å². The van der Waals surface area contributed by atoms with Crippen molar-refractivity contribution in [1.82, 2.24) is 33.7 Å². The van der Waals surface area contributed by atoms with Gasteiger partial charge in [0, 0.05) is 50.4 Å². The lowest BCUT2D eigenvalue weighted by Gasteiger charge is -2.22. The van der Waals surface area contributed by atoms with Gasteiger partial charge < -0.3 is 19.3 Å². The van der Waals surface area contributed by atoms with Gasteiger partial charge in [0.05, 0.1) is 25.6 Å². The summed E-state index contributed by atoms with van der Waals surface area (Å²) in [7, 11) is 3.32. The molecule has 0 fully saturated rings. The largest absolute Gasteiger partial charge is 0.497 e. The minimum absolute atomic E-state index is 0.0375. The van der Waals surface area contributed by atoms with Crippen LogP contribution in [0.2, 0.25) is 0 Å². The van der Waals surface area contributed by atoms with Crippen LogP contribution in [0.1, 0.15) is 62.3 Å². The van der Waals surface area contributed by atoms with Gasteiger partial charge in [-0.2, -0.15) is 14.5 Å². The van der Waals surface area contributed by atoms with E-state index < -0.39 is 20.0 Å². The van der Waals surface area contributed by atoms with Crippen LogP contribution in [0.15, 0.2) is 70.7 Å². The third-order valence-electron chi connectivity index (χ3n) is 7.45. The Kier molecular flexibility index (Phi) is 14.2. The van der Waals surface area contributed by atoms with Gasteiger partial charge in [-0.25, -0.2) is 22.0 Å². The van der Waals surface area contributed by atoms with E-state index in [-0.39, 0.29) is 35.2 Å². The second-order valence-electron chi connectivity index (χ2n) is 13.0. The van der Waals surface area contributed by atoms with E-state index in [2.05, 4.69) is 10.2 Å². The number of sulfonamides is 2. The first-order valence-electron chi connectivity index (χ1n) is 16.1. The Morgan fingerprint density at radius 2 is 1.00 bits per heavy atom. The lowest BCUT2D eigenvalue weighted by Crippen LogP contribution is -2.30. The lowest BCUT2D eigenvalue weighted by atomic mass is 10.2. The first-order valence-corrected chi connectivity index (χ1v) is 19.1. The monoisotopic (exact) mass is 732 g/mol. The van der Waals surface area contributed by atoms with Crippen molar-refractivity contribution in [3.63, 3.8) is 0 Å². The highest BCUT2D eigenvalue weighted by molar-refractivity contribution is 7.89. The molecule has 0 aliphatic heterocycles. The summed E-state index contributed by atoms with van der Waals surface area (Å²) in [5.41, 5.74) is 3.40. The molecule has 0 atom stereocenters. The Balaban J connectivity index is 0.000000354. The van der Waals surface area contributed by atoms with Crippen LogP contribution >= 0.6 is 0 Å². The van der Waals surface area contributed by atoms with Gasteiger partial charge in [0.15, 0.2) is 10.1 Å². The van der Waals surface area contributed by atoms with Gasteiger partial charge in [-0.15, -0.1) is 0 Å². The molecule has 14 nitrogen and oxygen atoms in total. The van der Waals surface area contributed by atoms with Crippen molar-refractivity contribution >= 4 is 20.0 Å². The fourth-order valence-corrected chi connectivity index (χ4v) is 6.97. The maximum absolute atomic E-state index is 13.8. The summed E-state index contributed by atoms with van der Waals surface area (Å²) >= 11 is 0. The van der Waals surface area contributed by atoms with Crippen molar-refractivity contribution in [3.8, 4) is 11.5 Å². The van der Waals surface area contributed by atoms with Crippen LogP contribution in [-0.4, -0.2) is 92.9 Å². The topological polar surface area (TPSA) is 158 Å². The highest BCUT2D eigenvalue weighted by atomic mass is 32.2. The molecule has 0 spiro atoms. The van der Waals surface area contributed by atoms with Crippen LogP contribution < -0.4 is 14.6 Å². The van der Waals surface area contributed by atoms with Gasteiger partial charge in [0.2, 0.25) is 0 Å². The summed E-state index contributed by atoms with van der Waals surface area (Å²) < 4.78 is 65.5. The van der Waals surface area contributed by atoms with Gasteiger partial charge in [0.25, 0.3) is 20.0 Å². The number of aromatic nitrogens is 4. The van der Waals surface area contributed by atoms with E-state index in [1.165, 1.54) is 10.4 Å². The van der Waals surface area contributed by atoms with Crippen molar-refractivity contribution in [2.45, 2.75) is 76.0 Å². The van der Waals surface area contributed by atoms with Crippen LogP contribution in [-0.2, 0) is 46.2 Å². The van der Waals surface area contributed by atoms with Gasteiger partial charge in [-0.1, -0.05) is 24.3 Å². The standard InChI is InChI=1S/C25H34N4O4S.C9H18N4O2S/c1-19(2)29-22(18-27(3)4)15-25(26-29)34(30,31)28(16-20-7-11-23(32-5)12-8-20)17-21-9-13-24(33-6)14-10-21;1-7(2)13-8(6-12(3)4)5-9(11-13)16(10,14)15/h7-15,19H,16-18H2,1-6H3;5,7H,6H2,1-4H3,(H2,10,14,15). The summed E-state index contributed by atoms with van der Waals surface area (Å²) in [5, 5.41) is 13.6. The lowest BCUT2D eigenvalue weighted by molar-refractivity contribution is 0.371. The van der Waals surface area contributed by atoms with Gasteiger partial charge in [-0.05, 0) is 91.3 Å². The quantitative estimate of drug-likeness (QED) is 0.189. The summed E-state index contributed by atoms with van der Waals surface area (Å²) in [6, 6.07) is 18.2. The molecule has 4 aromatic rings. The molecule has 2 heterocycles. The third-order valence-corrected chi connectivity index (χ3v) is 9.90. The molecule has 16 heteroatoms. The minimum Gasteiger partial charge on any atom is -0.497 e. The number of primary sulfonamides is 1. The van der Waals surface area contributed by atoms with Crippen molar-refractivity contribution < 1.29 is 26.3 Å². The van der Waals surface area contributed by atoms with Crippen molar-refractivity contribution in [2.75, 3.05) is 42.4 Å². The highest BCUT2D eigenvalue weighted by Gasteiger charge is 2.29. The molecule has 2 aromatic carbocycles. The number of nitrogens with zero attached hydrogens (tertiary/aromatic N) is 7. The molecular formula is C34H52N8O6S2. The van der Waals surface area contributed by atoms with E-state index in [4.69, 9.17) is 14.6 Å². The number of hydrogen-bond donors (Lipinski definition) is 1. The zero-order valence-electron chi connectivity index (χ0n) is 30.7. The number of hydrogen-bond acceptors (Lipinski definition) is 10. The molecule has 0 radical (unpaired) electrons. The Labute approximate surface area is 297 Å². The van der Waals surface area contributed by atoms with Crippen molar-refractivity contribution in [3.05, 3.63) is 83.2 Å². The highest BCUT2D eigenvalue weighted by Crippen LogP contribution is 2.25. The second-order valence-corrected chi connectivity index (χ2v) is 16.4. The smallest absolute Gasteiger partial charge is 0.263 e. The Bertz CT molecular complexity index is 1830. The molecule has 276 valence electrons. The summed E-state index contributed by atoms with van der Waals surface area (Å²) in [4.78, 5) is 3.95. The Morgan fingerprint density at radius 1 is 0.640 bits per heavy atom. The van der Waals surface area contributed by atoms with Crippen LogP contribution in [0.25, 0.3) is 0 Å². The van der Waals surface area contributed by atoms with Crippen molar-refractivity contribution in [2.24, 2.45) is 5.14 Å². The van der Waals surface area contributed by atoms with Crippen molar-refractivity contribution in [1.29, 1.82) is 0 Å². The fourth-order valence-electron chi connectivity index (χ4n) is 5.09. The molecule has 0 aliphatic carbocycles. The molecule has 0 unspecified atom stereocenters. The van der Waals surface area contributed by atoms with E-state index in [0.717, 1.165) is 34.0 Å². The molecule has 50 heavy (non-hydrogen) atoms. The molecular weight excluding hydrogens is 681 g/mol. The zero-order valence-corrected chi connectivity index (χ0v) is 32.4. The van der Waals surface area contributed by atoms with Gasteiger partial charge in [-0.3, -0.25) is 9.36 Å². The predicted molar refractivity (Wildman–Crippen MR) is 194 cm³/mol. The van der Waals surface area contributed by atoms with Crippen LogP contribution in [0.3, 0.4) is 0 Å². The number of nitrogens with two attached hydrogens (primary N) is 1. The fraction of sp³-hybridized carbons (Fsp3) is 0.471. The first-order chi connectivity index (χ1) is 23.3. The molecule has 2 N–H and O–H groups in total. The number of benzene rings is 2. The summed E-state index contributed by atoms with van der Waals surface area (Å²) in [5.74, 6) is 1.44. The van der Waals surface area contributed by atoms with E-state index in [1.807, 2.05) is 114 Å². The maximum atomic E-state index is 13.8. The van der Waals surface area contributed by atoms with Crippen LogP contribution in [0.4, 0.5) is 0 Å². The molecule has 0 saturated heterocycles. The van der Waals surface area contributed by atoms with E-state index in [1.54, 1.807) is 29.6 Å². The number of rotatable bonds is 15. The van der Waals surface area contributed by atoms with Gasteiger partial charge >= 0.3 is 0 Å². The van der Waals surface area contributed by atoms with Gasteiger partial charge in [0.1, 0.15) is 11.5 Å². The normalized spacial score (nSPS) is 12.2. The molecule has 4 rings (SSSR count). The molecule has 0 saturated carbocycles. The Hall–Kier alpha value is -3.80.